The molecule has 1 saturated heterocycles. The van der Waals surface area contributed by atoms with Crippen molar-refractivity contribution in [2.75, 3.05) is 32.8 Å². The van der Waals surface area contributed by atoms with Gasteiger partial charge in [0, 0.05) is 24.7 Å². The number of amides is 2. The summed E-state index contributed by atoms with van der Waals surface area (Å²) in [4.78, 5) is 13.9. The molecule has 1 atom stereocenters. The van der Waals surface area contributed by atoms with Crippen LogP contribution in [0.3, 0.4) is 0 Å². The molecule has 0 bridgehead atoms. The van der Waals surface area contributed by atoms with Crippen LogP contribution in [0.1, 0.15) is 18.4 Å². The van der Waals surface area contributed by atoms with Crippen LogP contribution in [0.5, 0.6) is 0 Å². The van der Waals surface area contributed by atoms with Gasteiger partial charge in [0.2, 0.25) is 0 Å². The fourth-order valence-corrected chi connectivity index (χ4v) is 2.81. The van der Waals surface area contributed by atoms with E-state index in [0.29, 0.717) is 24.7 Å². The van der Waals surface area contributed by atoms with Crippen molar-refractivity contribution in [3.63, 3.8) is 0 Å². The molecule has 5 nitrogen and oxygen atoms in total. The van der Waals surface area contributed by atoms with Crippen LogP contribution in [0.15, 0.2) is 24.3 Å². The molecule has 0 aliphatic carbocycles. The number of carbonyl (C=O) groups is 1. The van der Waals surface area contributed by atoms with Gasteiger partial charge in [0.25, 0.3) is 0 Å². The fourth-order valence-electron chi connectivity index (χ4n) is 2.60. The van der Waals surface area contributed by atoms with E-state index in [-0.39, 0.29) is 18.7 Å². The molecule has 1 heterocycles. The summed E-state index contributed by atoms with van der Waals surface area (Å²) in [5, 5.41) is 12.4. The summed E-state index contributed by atoms with van der Waals surface area (Å²) in [6.07, 6.45) is 2.65. The average molecular weight is 327 g/mol. The molecule has 122 valence electrons. The zero-order chi connectivity index (χ0) is 15.8. The van der Waals surface area contributed by atoms with Crippen molar-refractivity contribution >= 4 is 17.6 Å². The maximum Gasteiger partial charge on any atom is 0.317 e. The second-order valence-corrected chi connectivity index (χ2v) is 5.85. The predicted octanol–water partition coefficient (Wildman–Crippen LogP) is 2.07. The Morgan fingerprint density at radius 1 is 1.50 bits per heavy atom. The van der Waals surface area contributed by atoms with E-state index in [9.17, 15) is 4.79 Å². The number of aliphatic hydroxyl groups is 1. The minimum atomic E-state index is -0.0562. The Morgan fingerprint density at radius 3 is 3.14 bits per heavy atom. The molecule has 0 aromatic heterocycles. The third-order valence-corrected chi connectivity index (χ3v) is 3.92. The van der Waals surface area contributed by atoms with E-state index in [0.717, 1.165) is 31.4 Å². The maximum absolute atomic E-state index is 12.2. The molecule has 0 saturated carbocycles. The van der Waals surface area contributed by atoms with E-state index < -0.39 is 0 Å². The molecule has 0 unspecified atom stereocenters. The van der Waals surface area contributed by atoms with Crippen molar-refractivity contribution in [3.8, 4) is 0 Å². The Balaban J connectivity index is 1.72. The first-order valence-electron chi connectivity index (χ1n) is 7.68. The van der Waals surface area contributed by atoms with Crippen molar-refractivity contribution < 1.29 is 14.6 Å². The Morgan fingerprint density at radius 2 is 2.36 bits per heavy atom. The van der Waals surface area contributed by atoms with Crippen LogP contribution in [-0.2, 0) is 11.2 Å². The van der Waals surface area contributed by atoms with E-state index in [2.05, 4.69) is 5.32 Å². The second-order valence-electron chi connectivity index (χ2n) is 5.42. The van der Waals surface area contributed by atoms with Crippen molar-refractivity contribution in [2.45, 2.75) is 25.4 Å². The van der Waals surface area contributed by atoms with Gasteiger partial charge in [-0.25, -0.2) is 4.79 Å². The number of hydrogen-bond acceptors (Lipinski definition) is 3. The minimum absolute atomic E-state index is 0.0162. The summed E-state index contributed by atoms with van der Waals surface area (Å²) in [6, 6.07) is 7.60. The van der Waals surface area contributed by atoms with Crippen molar-refractivity contribution in [2.24, 2.45) is 0 Å². The monoisotopic (exact) mass is 326 g/mol. The first-order valence-corrected chi connectivity index (χ1v) is 8.06. The first-order chi connectivity index (χ1) is 10.7. The molecule has 2 rings (SSSR count). The number of nitrogens with zero attached hydrogens (tertiary/aromatic N) is 1. The van der Waals surface area contributed by atoms with Crippen molar-refractivity contribution in [1.29, 1.82) is 0 Å². The first kappa shape index (κ1) is 17.1. The molecule has 1 aromatic rings. The number of nitrogens with one attached hydrogen (secondary N) is 1. The van der Waals surface area contributed by atoms with Gasteiger partial charge in [-0.1, -0.05) is 23.7 Å². The molecule has 22 heavy (non-hydrogen) atoms. The molecule has 2 amide bonds. The topological polar surface area (TPSA) is 61.8 Å². The Kier molecular flexibility index (Phi) is 6.96. The van der Waals surface area contributed by atoms with Crippen LogP contribution >= 0.6 is 11.6 Å². The number of benzene rings is 1. The Hall–Kier alpha value is -1.30. The highest BCUT2D eigenvalue weighted by molar-refractivity contribution is 6.30. The van der Waals surface area contributed by atoms with Crippen LogP contribution < -0.4 is 5.32 Å². The molecule has 1 fully saturated rings. The fraction of sp³-hybridized carbons (Fsp3) is 0.562. The van der Waals surface area contributed by atoms with E-state index in [1.165, 1.54) is 0 Å². The third-order valence-electron chi connectivity index (χ3n) is 3.69. The van der Waals surface area contributed by atoms with Gasteiger partial charge in [0.05, 0.1) is 19.3 Å². The predicted molar refractivity (Wildman–Crippen MR) is 86.2 cm³/mol. The number of aliphatic hydroxyl groups excluding tert-OH is 1. The van der Waals surface area contributed by atoms with Crippen molar-refractivity contribution in [1.82, 2.24) is 10.2 Å². The summed E-state index contributed by atoms with van der Waals surface area (Å²) >= 11 is 5.94. The van der Waals surface area contributed by atoms with Crippen molar-refractivity contribution in [3.05, 3.63) is 34.9 Å². The van der Waals surface area contributed by atoms with Gasteiger partial charge in [0.1, 0.15) is 0 Å². The number of urea groups is 1. The molecular formula is C16H23ClN2O3. The van der Waals surface area contributed by atoms with E-state index in [1.54, 1.807) is 4.90 Å². The highest BCUT2D eigenvalue weighted by Gasteiger charge is 2.23. The van der Waals surface area contributed by atoms with Gasteiger partial charge in [0.15, 0.2) is 0 Å². The number of rotatable bonds is 6. The second kappa shape index (κ2) is 8.98. The number of hydrogen-bond donors (Lipinski definition) is 2. The van der Waals surface area contributed by atoms with Gasteiger partial charge in [-0.3, -0.25) is 0 Å². The minimum Gasteiger partial charge on any atom is -0.394 e. The SMILES string of the molecule is O=C(NCCc1cccc(Cl)c1)N1CCC[C@@H](OCCO)C1. The lowest BCUT2D eigenvalue weighted by Crippen LogP contribution is -2.48. The lowest BCUT2D eigenvalue weighted by Gasteiger charge is -2.32. The van der Waals surface area contributed by atoms with E-state index in [4.69, 9.17) is 21.4 Å². The number of likely N-dealkylation sites (tertiary alicyclic amines) is 1. The smallest absolute Gasteiger partial charge is 0.317 e. The molecule has 1 aromatic carbocycles. The summed E-state index contributed by atoms with van der Waals surface area (Å²) in [5.41, 5.74) is 1.11. The van der Waals surface area contributed by atoms with Crippen LogP contribution in [-0.4, -0.2) is 55.0 Å². The summed E-state index contributed by atoms with van der Waals surface area (Å²) in [5.74, 6) is 0. The number of carbonyl (C=O) groups excluding carboxylic acids is 1. The molecule has 0 spiro atoms. The van der Waals surface area contributed by atoms with Gasteiger partial charge >= 0.3 is 6.03 Å². The van der Waals surface area contributed by atoms with E-state index in [1.807, 2.05) is 24.3 Å². The number of piperidine rings is 1. The normalized spacial score (nSPS) is 18.3. The van der Waals surface area contributed by atoms with E-state index >= 15 is 0 Å². The van der Waals surface area contributed by atoms with Crippen LogP contribution in [0.4, 0.5) is 4.79 Å². The van der Waals surface area contributed by atoms with Gasteiger partial charge in [-0.15, -0.1) is 0 Å². The maximum atomic E-state index is 12.2. The van der Waals surface area contributed by atoms with Crippen LogP contribution in [0, 0.1) is 0 Å². The standard InChI is InChI=1S/C16H23ClN2O3/c17-14-4-1-3-13(11-14)6-7-18-16(21)19-8-2-5-15(12-19)22-10-9-20/h1,3-4,11,15,20H,2,5-10,12H2,(H,18,21)/t15-/m1/s1. The van der Waals surface area contributed by atoms with Crippen LogP contribution in [0.2, 0.25) is 5.02 Å². The zero-order valence-electron chi connectivity index (χ0n) is 12.6. The lowest BCUT2D eigenvalue weighted by molar-refractivity contribution is -0.00575. The average Bonchev–Trinajstić information content (AvgIpc) is 2.53. The quantitative estimate of drug-likeness (QED) is 0.841. The molecule has 1 aliphatic rings. The largest absolute Gasteiger partial charge is 0.394 e. The number of halogens is 1. The molecular weight excluding hydrogens is 304 g/mol. The molecule has 2 N–H and O–H groups in total. The van der Waals surface area contributed by atoms with Gasteiger partial charge in [-0.2, -0.15) is 0 Å². The summed E-state index contributed by atoms with van der Waals surface area (Å²) in [7, 11) is 0. The summed E-state index contributed by atoms with van der Waals surface area (Å²) < 4.78 is 5.51. The van der Waals surface area contributed by atoms with Crippen LogP contribution in [0.25, 0.3) is 0 Å². The highest BCUT2D eigenvalue weighted by atomic mass is 35.5. The highest BCUT2D eigenvalue weighted by Crippen LogP contribution is 2.13. The third kappa shape index (κ3) is 5.48. The summed E-state index contributed by atoms with van der Waals surface area (Å²) in [6.45, 7) is 2.26. The van der Waals surface area contributed by atoms with Gasteiger partial charge < -0.3 is 20.1 Å². The number of ether oxygens (including phenoxy) is 1. The molecule has 6 heteroatoms. The van der Waals surface area contributed by atoms with Gasteiger partial charge in [-0.05, 0) is 37.0 Å². The molecule has 1 aliphatic heterocycles. The zero-order valence-corrected chi connectivity index (χ0v) is 13.4. The lowest BCUT2D eigenvalue weighted by atomic mass is 10.1. The molecule has 0 radical (unpaired) electrons. The Bertz CT molecular complexity index is 484. The Labute approximate surface area is 136 Å².